The summed E-state index contributed by atoms with van der Waals surface area (Å²) < 4.78 is 7.53. The lowest BCUT2D eigenvalue weighted by Crippen LogP contribution is -2.44. The molecule has 0 spiro atoms. The van der Waals surface area contributed by atoms with Crippen LogP contribution in [0, 0.1) is 0 Å². The Morgan fingerprint density at radius 1 is 1.41 bits per heavy atom. The molecule has 0 aromatic heterocycles. The van der Waals surface area contributed by atoms with E-state index in [2.05, 4.69) is 49.8 Å². The minimum Gasteiger partial charge on any atom is -0.410 e. The third-order valence-electron chi connectivity index (χ3n) is 3.98. The first-order chi connectivity index (χ1) is 7.56. The first-order valence-corrected chi connectivity index (χ1v) is 10.0. The number of halogens is 1. The van der Waals surface area contributed by atoms with Gasteiger partial charge in [-0.2, -0.15) is 0 Å². The highest BCUT2D eigenvalue weighted by atomic mass is 79.9. The van der Waals surface area contributed by atoms with Crippen molar-refractivity contribution in [3.63, 3.8) is 0 Å². The van der Waals surface area contributed by atoms with Gasteiger partial charge >= 0.3 is 0 Å². The fourth-order valence-corrected chi connectivity index (χ4v) is 4.01. The number of aliphatic hydroxyl groups excluding tert-OH is 1. The van der Waals surface area contributed by atoms with E-state index in [1.54, 1.807) is 0 Å². The normalized spacial score (nSPS) is 24.4. The summed E-state index contributed by atoms with van der Waals surface area (Å²) in [6.07, 6.45) is 1.67. The highest BCUT2D eigenvalue weighted by Crippen LogP contribution is 2.42. The van der Waals surface area contributed by atoms with Crippen molar-refractivity contribution in [3.05, 3.63) is 10.1 Å². The molecule has 0 bridgehead atoms. The molecular weight excluding hydrogens is 296 g/mol. The maximum Gasteiger partial charge on any atom is 0.192 e. The van der Waals surface area contributed by atoms with Crippen molar-refractivity contribution in [1.29, 1.82) is 0 Å². The zero-order valence-corrected chi connectivity index (χ0v) is 14.4. The molecule has 1 N–H and O–H groups in total. The van der Waals surface area contributed by atoms with Crippen molar-refractivity contribution < 1.29 is 9.53 Å². The summed E-state index contributed by atoms with van der Waals surface area (Å²) in [4.78, 5) is 0. The molecular formula is C13H25BrO2Si. The molecule has 0 amide bonds. The smallest absolute Gasteiger partial charge is 0.192 e. The summed E-state index contributed by atoms with van der Waals surface area (Å²) in [5.41, 5.74) is 1.05. The van der Waals surface area contributed by atoms with E-state index in [0.717, 1.165) is 22.9 Å². The molecule has 1 aliphatic rings. The maximum absolute atomic E-state index is 9.84. The van der Waals surface area contributed by atoms with Gasteiger partial charge in [0.25, 0.3) is 0 Å². The van der Waals surface area contributed by atoms with E-state index >= 15 is 0 Å². The molecule has 0 aromatic rings. The molecule has 4 heteroatoms. The van der Waals surface area contributed by atoms with Crippen LogP contribution in [0.15, 0.2) is 10.1 Å². The van der Waals surface area contributed by atoms with E-state index < -0.39 is 14.4 Å². The monoisotopic (exact) mass is 320 g/mol. The maximum atomic E-state index is 9.84. The van der Waals surface area contributed by atoms with Crippen molar-refractivity contribution in [2.75, 3.05) is 0 Å². The van der Waals surface area contributed by atoms with Gasteiger partial charge in [-0.15, -0.1) is 0 Å². The first-order valence-electron chi connectivity index (χ1n) is 6.30. The fraction of sp³-hybridized carbons (Fsp3) is 0.846. The molecule has 2 unspecified atom stereocenters. The van der Waals surface area contributed by atoms with E-state index in [4.69, 9.17) is 4.43 Å². The van der Waals surface area contributed by atoms with Crippen molar-refractivity contribution in [3.8, 4) is 0 Å². The predicted molar refractivity (Wildman–Crippen MR) is 78.9 cm³/mol. The third kappa shape index (κ3) is 3.43. The molecule has 1 rings (SSSR count). The summed E-state index contributed by atoms with van der Waals surface area (Å²) in [5, 5.41) is 10.1. The van der Waals surface area contributed by atoms with Crippen LogP contribution in [0.1, 0.15) is 40.5 Å². The van der Waals surface area contributed by atoms with Gasteiger partial charge in [0, 0.05) is 0 Å². The van der Waals surface area contributed by atoms with Crippen LogP contribution in [-0.4, -0.2) is 25.6 Å². The van der Waals surface area contributed by atoms with E-state index in [1.807, 2.05) is 6.92 Å². The second-order valence-corrected chi connectivity index (χ2v) is 12.2. The van der Waals surface area contributed by atoms with Crippen LogP contribution in [-0.2, 0) is 4.43 Å². The third-order valence-corrected chi connectivity index (χ3v) is 9.32. The molecule has 0 fully saturated rings. The van der Waals surface area contributed by atoms with Crippen LogP contribution in [0.2, 0.25) is 18.1 Å². The van der Waals surface area contributed by atoms with Crippen molar-refractivity contribution in [2.24, 2.45) is 0 Å². The average molecular weight is 321 g/mol. The van der Waals surface area contributed by atoms with Gasteiger partial charge in [0.05, 0.1) is 12.2 Å². The Balaban J connectivity index is 2.84. The molecule has 0 saturated carbocycles. The van der Waals surface area contributed by atoms with Crippen LogP contribution in [0.3, 0.4) is 0 Å². The second kappa shape index (κ2) is 5.15. The van der Waals surface area contributed by atoms with Gasteiger partial charge in [0.2, 0.25) is 0 Å². The van der Waals surface area contributed by atoms with Crippen LogP contribution in [0.5, 0.6) is 0 Å². The van der Waals surface area contributed by atoms with E-state index in [1.165, 1.54) is 0 Å². The number of rotatable bonds is 3. The van der Waals surface area contributed by atoms with Gasteiger partial charge in [-0.25, -0.2) is 0 Å². The Morgan fingerprint density at radius 2 is 1.94 bits per heavy atom. The lowest BCUT2D eigenvalue weighted by atomic mass is 10.1. The molecule has 0 aromatic carbocycles. The molecule has 2 nitrogen and oxygen atoms in total. The highest BCUT2D eigenvalue weighted by molar-refractivity contribution is 9.11. The molecule has 100 valence electrons. The minimum atomic E-state index is -1.75. The molecule has 0 heterocycles. The Morgan fingerprint density at radius 3 is 2.35 bits per heavy atom. The quantitative estimate of drug-likeness (QED) is 0.790. The van der Waals surface area contributed by atoms with Gasteiger partial charge in [-0.05, 0) is 48.0 Å². The van der Waals surface area contributed by atoms with Crippen LogP contribution < -0.4 is 0 Å². The summed E-state index contributed by atoms with van der Waals surface area (Å²) in [5.74, 6) is 0. The zero-order valence-electron chi connectivity index (χ0n) is 11.8. The Bertz CT molecular complexity index is 316. The van der Waals surface area contributed by atoms with Gasteiger partial charge < -0.3 is 9.53 Å². The Hall–Kier alpha value is 0.357. The van der Waals surface area contributed by atoms with Crippen LogP contribution in [0.25, 0.3) is 0 Å². The Kier molecular flexibility index (Phi) is 4.67. The Labute approximate surface area is 115 Å². The second-order valence-electron chi connectivity index (χ2n) is 6.44. The van der Waals surface area contributed by atoms with Gasteiger partial charge in [-0.3, -0.25) is 0 Å². The topological polar surface area (TPSA) is 29.5 Å². The summed E-state index contributed by atoms with van der Waals surface area (Å²) in [6.45, 7) is 13.1. The molecule has 17 heavy (non-hydrogen) atoms. The van der Waals surface area contributed by atoms with Crippen molar-refractivity contribution in [2.45, 2.75) is 70.9 Å². The molecule has 0 radical (unpaired) electrons. The van der Waals surface area contributed by atoms with Crippen LogP contribution >= 0.6 is 15.9 Å². The lowest BCUT2D eigenvalue weighted by molar-refractivity contribution is 0.161. The van der Waals surface area contributed by atoms with Gasteiger partial charge in [0.1, 0.15) is 0 Å². The minimum absolute atomic E-state index is 0.102. The number of hydrogen-bond acceptors (Lipinski definition) is 2. The standard InChI is InChI=1S/C13H25BrO2Si/c1-9(15)12-10(14)7-8-11(12)16-17(5,6)13(2,3)4/h9,11,15H,7-8H2,1-6H3. The summed E-state index contributed by atoms with van der Waals surface area (Å²) in [6, 6.07) is 0. The number of hydrogen-bond donors (Lipinski definition) is 1. The predicted octanol–water partition coefficient (Wildman–Crippen LogP) is 4.20. The first kappa shape index (κ1) is 15.4. The molecule has 2 atom stereocenters. The number of aliphatic hydroxyl groups is 1. The average Bonchev–Trinajstić information content (AvgIpc) is 2.43. The van der Waals surface area contributed by atoms with E-state index in [9.17, 15) is 5.11 Å². The largest absolute Gasteiger partial charge is 0.410 e. The fourth-order valence-electron chi connectivity index (χ4n) is 1.88. The van der Waals surface area contributed by atoms with E-state index in [0.29, 0.717) is 0 Å². The number of allylic oxidation sites excluding steroid dienone is 1. The lowest BCUT2D eigenvalue weighted by Gasteiger charge is -2.39. The summed E-state index contributed by atoms with van der Waals surface area (Å²) in [7, 11) is -1.75. The molecule has 0 aliphatic heterocycles. The van der Waals surface area contributed by atoms with Gasteiger partial charge in [-0.1, -0.05) is 36.7 Å². The SMILES string of the molecule is CC(O)C1=C(Br)CCC1O[Si](C)(C)C(C)(C)C. The molecule has 1 aliphatic carbocycles. The van der Waals surface area contributed by atoms with Crippen LogP contribution in [0.4, 0.5) is 0 Å². The zero-order chi connectivity index (χ0) is 13.4. The van der Waals surface area contributed by atoms with Crippen molar-refractivity contribution >= 4 is 24.2 Å². The van der Waals surface area contributed by atoms with E-state index in [-0.39, 0.29) is 11.1 Å². The van der Waals surface area contributed by atoms with Crippen molar-refractivity contribution in [1.82, 2.24) is 0 Å². The molecule has 0 saturated heterocycles. The summed E-state index contributed by atoms with van der Waals surface area (Å²) >= 11 is 3.56. The van der Waals surface area contributed by atoms with Gasteiger partial charge in [0.15, 0.2) is 8.32 Å². The highest BCUT2D eigenvalue weighted by Gasteiger charge is 2.41.